The number of aromatic nitrogens is 3. The van der Waals surface area contributed by atoms with E-state index in [0.29, 0.717) is 42.6 Å². The largest absolute Gasteiger partial charge is 0.355 e. The van der Waals surface area contributed by atoms with E-state index < -0.39 is 0 Å². The first-order chi connectivity index (χ1) is 17.2. The van der Waals surface area contributed by atoms with Gasteiger partial charge >= 0.3 is 0 Å². The summed E-state index contributed by atoms with van der Waals surface area (Å²) in [4.78, 5) is 31.2. The van der Waals surface area contributed by atoms with Crippen molar-refractivity contribution in [3.05, 3.63) is 72.9 Å². The number of carbonyl (C=O) groups is 1. The highest BCUT2D eigenvalue weighted by Crippen LogP contribution is 2.29. The van der Waals surface area contributed by atoms with Crippen LogP contribution in [0.25, 0.3) is 21.7 Å². The van der Waals surface area contributed by atoms with Gasteiger partial charge in [0, 0.05) is 17.3 Å². The van der Waals surface area contributed by atoms with Gasteiger partial charge in [-0.2, -0.15) is 0 Å². The van der Waals surface area contributed by atoms with Crippen molar-refractivity contribution in [1.29, 1.82) is 0 Å². The Morgan fingerprint density at radius 1 is 1.14 bits per heavy atom. The Morgan fingerprint density at radius 2 is 1.83 bits per heavy atom. The third-order valence-corrected chi connectivity index (χ3v) is 8.36. The van der Waals surface area contributed by atoms with E-state index in [1.54, 1.807) is 9.13 Å². The van der Waals surface area contributed by atoms with Crippen molar-refractivity contribution >= 4 is 63.2 Å². The molecule has 4 aromatic rings. The average Bonchev–Trinajstić information content (AvgIpc) is 3.16. The lowest BCUT2D eigenvalue weighted by molar-refractivity contribution is -0.118. The number of halogens is 1. The molecule has 0 aliphatic rings. The topological polar surface area (TPSA) is 68.9 Å². The van der Waals surface area contributed by atoms with Crippen LogP contribution in [0.3, 0.4) is 0 Å². The maximum atomic E-state index is 13.8. The highest BCUT2D eigenvalue weighted by Gasteiger charge is 2.20. The highest BCUT2D eigenvalue weighted by atomic mass is 35.5. The fourth-order valence-electron chi connectivity index (χ4n) is 3.63. The third-order valence-electron chi connectivity index (χ3n) is 5.65. The van der Waals surface area contributed by atoms with Crippen LogP contribution in [0.4, 0.5) is 0 Å². The van der Waals surface area contributed by atoms with E-state index >= 15 is 0 Å². The van der Waals surface area contributed by atoms with Gasteiger partial charge in [0.25, 0.3) is 5.56 Å². The van der Waals surface area contributed by atoms with Gasteiger partial charge < -0.3 is 5.32 Å². The fraction of sp³-hybridized carbons (Fsp3) is 0.308. The van der Waals surface area contributed by atoms with E-state index in [2.05, 4.69) is 19.2 Å². The van der Waals surface area contributed by atoms with E-state index in [4.69, 9.17) is 28.8 Å². The Labute approximate surface area is 228 Å². The number of thiazole rings is 1. The predicted molar refractivity (Wildman–Crippen MR) is 153 cm³/mol. The second-order valence-corrected chi connectivity index (χ2v) is 12.0. The van der Waals surface area contributed by atoms with Crippen LogP contribution in [-0.4, -0.2) is 32.3 Å². The molecule has 0 saturated carbocycles. The van der Waals surface area contributed by atoms with E-state index in [0.717, 1.165) is 23.2 Å². The molecule has 0 aliphatic carbocycles. The first kappa shape index (κ1) is 26.6. The van der Waals surface area contributed by atoms with Gasteiger partial charge in [0.1, 0.15) is 4.70 Å². The van der Waals surface area contributed by atoms with Gasteiger partial charge in [-0.15, -0.1) is 0 Å². The minimum atomic E-state index is -0.216. The van der Waals surface area contributed by atoms with Crippen LogP contribution in [-0.2, 0) is 4.79 Å². The van der Waals surface area contributed by atoms with Crippen molar-refractivity contribution in [2.24, 2.45) is 5.92 Å². The van der Waals surface area contributed by atoms with E-state index in [1.807, 2.05) is 56.3 Å². The Balaban J connectivity index is 1.82. The van der Waals surface area contributed by atoms with Crippen molar-refractivity contribution in [3.63, 3.8) is 0 Å². The summed E-state index contributed by atoms with van der Waals surface area (Å²) in [5, 5.41) is 4.03. The maximum absolute atomic E-state index is 13.8. The van der Waals surface area contributed by atoms with Crippen molar-refractivity contribution in [2.45, 2.75) is 39.3 Å². The van der Waals surface area contributed by atoms with E-state index in [-0.39, 0.29) is 17.2 Å². The molecule has 0 bridgehead atoms. The fourth-order valence-corrected chi connectivity index (χ4v) is 5.89. The molecule has 10 heteroatoms. The summed E-state index contributed by atoms with van der Waals surface area (Å²) in [6, 6.07) is 13.3. The molecule has 2 heterocycles. The highest BCUT2D eigenvalue weighted by molar-refractivity contribution is 7.99. The molecular formula is C26H27ClN4O2S3. The molecule has 0 fully saturated rings. The van der Waals surface area contributed by atoms with Gasteiger partial charge in [-0.25, -0.2) is 4.98 Å². The number of fused-ring (bicyclic) bond motifs is 1. The van der Waals surface area contributed by atoms with Gasteiger partial charge in [-0.1, -0.05) is 66.2 Å². The van der Waals surface area contributed by atoms with Crippen LogP contribution < -0.4 is 10.9 Å². The van der Waals surface area contributed by atoms with Crippen LogP contribution in [0.1, 0.15) is 31.4 Å². The first-order valence-corrected chi connectivity index (χ1v) is 14.2. The third kappa shape index (κ3) is 5.75. The molecule has 0 radical (unpaired) electrons. The van der Waals surface area contributed by atoms with Crippen LogP contribution >= 0.6 is 46.9 Å². The number of thioether (sulfide) groups is 1. The number of hydrogen-bond acceptors (Lipinski definition) is 6. The zero-order chi connectivity index (χ0) is 26.0. The van der Waals surface area contributed by atoms with Gasteiger partial charge in [0.2, 0.25) is 5.91 Å². The Hall–Kier alpha value is -2.46. The number of hydrogen-bond donors (Lipinski definition) is 1. The van der Waals surface area contributed by atoms with Crippen molar-refractivity contribution < 1.29 is 4.79 Å². The number of amides is 1. The maximum Gasteiger partial charge on any atom is 0.278 e. The molecular weight excluding hydrogens is 532 g/mol. The molecule has 0 spiro atoms. The standard InChI is InChI=1S/C26H27ClN4O2S3/c1-15(2)11-12-28-21(32)14-35-25-29-23-22(24(33)31(25)18-7-5-16(3)6-8-18)36-26(34)30(23)19-9-10-20(27)17(4)13-19/h5-10,13,15H,11-12,14H2,1-4H3,(H,28,32). The summed E-state index contributed by atoms with van der Waals surface area (Å²) in [5.74, 6) is 0.556. The molecule has 36 heavy (non-hydrogen) atoms. The van der Waals surface area contributed by atoms with Crippen LogP contribution in [0, 0.1) is 23.7 Å². The smallest absolute Gasteiger partial charge is 0.278 e. The molecule has 0 unspecified atom stereocenters. The molecule has 6 nitrogen and oxygen atoms in total. The monoisotopic (exact) mass is 558 g/mol. The summed E-state index contributed by atoms with van der Waals surface area (Å²) in [7, 11) is 0. The molecule has 0 saturated heterocycles. The molecule has 0 aliphatic heterocycles. The minimum Gasteiger partial charge on any atom is -0.355 e. The lowest BCUT2D eigenvalue weighted by Gasteiger charge is -2.14. The zero-order valence-electron chi connectivity index (χ0n) is 20.5. The predicted octanol–water partition coefficient (Wildman–Crippen LogP) is 6.49. The van der Waals surface area contributed by atoms with Gasteiger partial charge in [0.05, 0.1) is 11.4 Å². The first-order valence-electron chi connectivity index (χ1n) is 11.6. The molecule has 4 rings (SSSR count). The van der Waals surface area contributed by atoms with Crippen molar-refractivity contribution in [2.75, 3.05) is 12.3 Å². The minimum absolute atomic E-state index is 0.0964. The number of carbonyl (C=O) groups excluding carboxylic acids is 1. The van der Waals surface area contributed by atoms with Gasteiger partial charge in [-0.05, 0) is 74.3 Å². The zero-order valence-corrected chi connectivity index (χ0v) is 23.7. The summed E-state index contributed by atoms with van der Waals surface area (Å²) in [6.45, 7) is 8.76. The number of benzene rings is 2. The number of rotatable bonds is 8. The molecule has 2 aromatic carbocycles. The summed E-state index contributed by atoms with van der Waals surface area (Å²) in [5.41, 5.74) is 3.72. The quantitative estimate of drug-likeness (QED) is 0.152. The summed E-state index contributed by atoms with van der Waals surface area (Å²) >= 11 is 14.4. The van der Waals surface area contributed by atoms with Crippen LogP contribution in [0.2, 0.25) is 5.02 Å². The number of nitrogens with one attached hydrogen (secondary N) is 1. The molecule has 1 N–H and O–H groups in total. The number of aryl methyl sites for hydroxylation is 2. The lowest BCUT2D eigenvalue weighted by Crippen LogP contribution is -2.28. The molecule has 2 aromatic heterocycles. The second-order valence-electron chi connectivity index (χ2n) is 8.98. The van der Waals surface area contributed by atoms with E-state index in [1.165, 1.54) is 23.1 Å². The average molecular weight is 559 g/mol. The lowest BCUT2D eigenvalue weighted by atomic mass is 10.1. The Morgan fingerprint density at radius 3 is 2.50 bits per heavy atom. The Kier molecular flexibility index (Phi) is 8.34. The molecule has 1 amide bonds. The van der Waals surface area contributed by atoms with Gasteiger partial charge in [-0.3, -0.25) is 18.7 Å². The van der Waals surface area contributed by atoms with Gasteiger partial charge in [0.15, 0.2) is 14.8 Å². The molecule has 188 valence electrons. The summed E-state index contributed by atoms with van der Waals surface area (Å²) in [6.07, 6.45) is 0.908. The van der Waals surface area contributed by atoms with Crippen LogP contribution in [0.15, 0.2) is 52.4 Å². The van der Waals surface area contributed by atoms with E-state index in [9.17, 15) is 9.59 Å². The SMILES string of the molecule is Cc1ccc(-n2c(SCC(=O)NCCC(C)C)nc3c(sc(=S)n3-c3ccc(Cl)c(C)c3)c2=O)cc1. The molecule has 0 atom stereocenters. The van der Waals surface area contributed by atoms with Crippen molar-refractivity contribution in [1.82, 2.24) is 19.4 Å². The number of nitrogens with zero attached hydrogens (tertiary/aromatic N) is 3. The van der Waals surface area contributed by atoms with Crippen LogP contribution in [0.5, 0.6) is 0 Å². The van der Waals surface area contributed by atoms with Crippen molar-refractivity contribution in [3.8, 4) is 11.4 Å². The summed E-state index contributed by atoms with van der Waals surface area (Å²) < 4.78 is 4.34. The normalized spacial score (nSPS) is 11.4. The second kappa shape index (κ2) is 11.3. The Bertz CT molecular complexity index is 1540.